The summed E-state index contributed by atoms with van der Waals surface area (Å²) >= 11 is 7.29. The molecule has 0 heterocycles. The van der Waals surface area contributed by atoms with E-state index in [1.807, 2.05) is 0 Å². The highest BCUT2D eigenvalue weighted by atomic mass is 79.9. The van der Waals surface area contributed by atoms with Crippen LogP contribution in [0.15, 0.2) is 21.1 Å². The molecule has 1 aliphatic carbocycles. The summed E-state index contributed by atoms with van der Waals surface area (Å²) in [5.41, 5.74) is 1.27. The molecule has 0 atom stereocenters. The van der Waals surface area contributed by atoms with Crippen molar-refractivity contribution < 1.29 is 4.74 Å². The number of nitrogens with one attached hydrogen (secondary N) is 1. The van der Waals surface area contributed by atoms with Crippen molar-refractivity contribution in [2.75, 3.05) is 6.54 Å². The number of hydrogen-bond donors (Lipinski definition) is 1. The zero-order chi connectivity index (χ0) is 14.5. The maximum absolute atomic E-state index is 6.12. The van der Waals surface area contributed by atoms with Crippen molar-refractivity contribution in [1.82, 2.24) is 5.32 Å². The molecule has 0 aromatic heterocycles. The van der Waals surface area contributed by atoms with Crippen LogP contribution in [0.1, 0.15) is 45.1 Å². The fourth-order valence-electron chi connectivity index (χ4n) is 2.51. The van der Waals surface area contributed by atoms with Crippen molar-refractivity contribution >= 4 is 31.9 Å². The first-order valence-electron chi connectivity index (χ1n) is 7.41. The topological polar surface area (TPSA) is 21.3 Å². The van der Waals surface area contributed by atoms with Crippen molar-refractivity contribution in [3.63, 3.8) is 0 Å². The number of hydrogen-bond acceptors (Lipinski definition) is 2. The van der Waals surface area contributed by atoms with E-state index in [1.54, 1.807) is 0 Å². The SMILES string of the molecule is CC(C)CNCc1cc(Br)c(OC2CCCC2)c(Br)c1. The van der Waals surface area contributed by atoms with E-state index < -0.39 is 0 Å². The number of halogens is 2. The van der Waals surface area contributed by atoms with Gasteiger partial charge in [0.15, 0.2) is 0 Å². The van der Waals surface area contributed by atoms with Crippen molar-refractivity contribution in [3.8, 4) is 5.75 Å². The number of ether oxygens (including phenoxy) is 1. The molecule has 112 valence electrons. The van der Waals surface area contributed by atoms with Crippen LogP contribution in [0.5, 0.6) is 5.75 Å². The third-order valence-electron chi connectivity index (χ3n) is 3.53. The van der Waals surface area contributed by atoms with Gasteiger partial charge in [-0.05, 0) is 87.7 Å². The fourth-order valence-corrected chi connectivity index (χ4v) is 3.97. The van der Waals surface area contributed by atoms with Crippen LogP contribution in [-0.4, -0.2) is 12.6 Å². The minimum atomic E-state index is 0.382. The lowest BCUT2D eigenvalue weighted by Crippen LogP contribution is -2.19. The molecule has 1 fully saturated rings. The van der Waals surface area contributed by atoms with Crippen molar-refractivity contribution in [3.05, 3.63) is 26.6 Å². The first-order valence-corrected chi connectivity index (χ1v) is 9.00. The maximum Gasteiger partial charge on any atom is 0.148 e. The van der Waals surface area contributed by atoms with Gasteiger partial charge in [-0.15, -0.1) is 0 Å². The van der Waals surface area contributed by atoms with E-state index in [4.69, 9.17) is 4.74 Å². The zero-order valence-corrected chi connectivity index (χ0v) is 15.4. The van der Waals surface area contributed by atoms with Gasteiger partial charge >= 0.3 is 0 Å². The molecule has 0 saturated heterocycles. The predicted molar refractivity (Wildman–Crippen MR) is 91.3 cm³/mol. The molecule has 0 amide bonds. The van der Waals surface area contributed by atoms with Gasteiger partial charge in [-0.2, -0.15) is 0 Å². The lowest BCUT2D eigenvalue weighted by Gasteiger charge is -2.17. The third kappa shape index (κ3) is 4.74. The van der Waals surface area contributed by atoms with Crippen LogP contribution >= 0.6 is 31.9 Å². The molecule has 2 rings (SSSR count). The van der Waals surface area contributed by atoms with E-state index in [1.165, 1.54) is 31.2 Å². The summed E-state index contributed by atoms with van der Waals surface area (Å²) in [4.78, 5) is 0. The maximum atomic E-state index is 6.12. The Morgan fingerprint density at radius 1 is 1.20 bits per heavy atom. The molecule has 0 bridgehead atoms. The van der Waals surface area contributed by atoms with E-state index in [0.29, 0.717) is 12.0 Å². The molecule has 0 unspecified atom stereocenters. The van der Waals surface area contributed by atoms with Crippen LogP contribution in [-0.2, 0) is 6.54 Å². The van der Waals surface area contributed by atoms with Crippen molar-refractivity contribution in [2.45, 2.75) is 52.2 Å². The molecule has 1 aromatic rings. The third-order valence-corrected chi connectivity index (χ3v) is 4.70. The summed E-state index contributed by atoms with van der Waals surface area (Å²) in [5.74, 6) is 1.62. The Morgan fingerprint density at radius 2 is 1.80 bits per heavy atom. The average molecular weight is 405 g/mol. The number of benzene rings is 1. The Hall–Kier alpha value is -0.0600. The van der Waals surface area contributed by atoms with Gasteiger partial charge in [-0.3, -0.25) is 0 Å². The second-order valence-corrected chi connectivity index (χ2v) is 7.65. The molecule has 1 saturated carbocycles. The first kappa shape index (κ1) is 16.3. The van der Waals surface area contributed by atoms with E-state index in [0.717, 1.165) is 27.8 Å². The highest BCUT2D eigenvalue weighted by molar-refractivity contribution is 9.11. The van der Waals surface area contributed by atoms with Gasteiger partial charge < -0.3 is 10.1 Å². The summed E-state index contributed by atoms with van der Waals surface area (Å²) < 4.78 is 8.20. The molecule has 20 heavy (non-hydrogen) atoms. The molecule has 4 heteroatoms. The van der Waals surface area contributed by atoms with E-state index in [9.17, 15) is 0 Å². The predicted octanol–water partition coefficient (Wildman–Crippen LogP) is 5.28. The van der Waals surface area contributed by atoms with Crippen LogP contribution in [0.2, 0.25) is 0 Å². The van der Waals surface area contributed by atoms with E-state index >= 15 is 0 Å². The van der Waals surface area contributed by atoms with E-state index in [2.05, 4.69) is 63.2 Å². The normalized spacial score (nSPS) is 16.1. The Balaban J connectivity index is 2.00. The largest absolute Gasteiger partial charge is 0.488 e. The van der Waals surface area contributed by atoms with Crippen molar-refractivity contribution in [2.24, 2.45) is 5.92 Å². The Kier molecular flexibility index (Phi) is 6.37. The van der Waals surface area contributed by atoms with E-state index in [-0.39, 0.29) is 0 Å². The Bertz CT molecular complexity index is 419. The van der Waals surface area contributed by atoms with Gasteiger partial charge in [0, 0.05) is 6.54 Å². The van der Waals surface area contributed by atoms with Gasteiger partial charge in [-0.1, -0.05) is 13.8 Å². The Morgan fingerprint density at radius 3 is 2.35 bits per heavy atom. The fraction of sp³-hybridized carbons (Fsp3) is 0.625. The van der Waals surface area contributed by atoms with Gasteiger partial charge in [-0.25, -0.2) is 0 Å². The minimum Gasteiger partial charge on any atom is -0.488 e. The minimum absolute atomic E-state index is 0.382. The van der Waals surface area contributed by atoms with Crippen LogP contribution in [0.3, 0.4) is 0 Å². The quantitative estimate of drug-likeness (QED) is 0.696. The molecular formula is C16H23Br2NO. The second kappa shape index (κ2) is 7.81. The molecule has 1 N–H and O–H groups in total. The molecule has 0 radical (unpaired) electrons. The van der Waals surface area contributed by atoms with Crippen LogP contribution in [0.25, 0.3) is 0 Å². The smallest absolute Gasteiger partial charge is 0.148 e. The number of rotatable bonds is 6. The van der Waals surface area contributed by atoms with Gasteiger partial charge in [0.05, 0.1) is 15.0 Å². The van der Waals surface area contributed by atoms with Gasteiger partial charge in [0.1, 0.15) is 5.75 Å². The van der Waals surface area contributed by atoms with Gasteiger partial charge in [0.25, 0.3) is 0 Å². The molecule has 0 spiro atoms. The standard InChI is InChI=1S/C16H23Br2NO/c1-11(2)9-19-10-12-7-14(17)16(15(18)8-12)20-13-5-3-4-6-13/h7-8,11,13,19H,3-6,9-10H2,1-2H3. The summed E-state index contributed by atoms with van der Waals surface area (Å²) in [7, 11) is 0. The second-order valence-electron chi connectivity index (χ2n) is 5.94. The summed E-state index contributed by atoms with van der Waals surface area (Å²) in [6.07, 6.45) is 5.31. The molecule has 1 aromatic carbocycles. The first-order chi connectivity index (χ1) is 9.56. The highest BCUT2D eigenvalue weighted by Gasteiger charge is 2.19. The zero-order valence-electron chi connectivity index (χ0n) is 12.2. The lowest BCUT2D eigenvalue weighted by molar-refractivity contribution is 0.207. The van der Waals surface area contributed by atoms with Gasteiger partial charge in [0.2, 0.25) is 0 Å². The average Bonchev–Trinajstić information content (AvgIpc) is 2.86. The van der Waals surface area contributed by atoms with Crippen molar-refractivity contribution in [1.29, 1.82) is 0 Å². The lowest BCUT2D eigenvalue weighted by atomic mass is 10.2. The highest BCUT2D eigenvalue weighted by Crippen LogP contribution is 2.37. The summed E-state index contributed by atoms with van der Waals surface area (Å²) in [6.45, 7) is 6.36. The molecule has 0 aliphatic heterocycles. The molecule has 2 nitrogen and oxygen atoms in total. The summed E-state index contributed by atoms with van der Waals surface area (Å²) in [5, 5.41) is 3.47. The van der Waals surface area contributed by atoms with Crippen LogP contribution < -0.4 is 10.1 Å². The monoisotopic (exact) mass is 403 g/mol. The molecule has 1 aliphatic rings. The van der Waals surface area contributed by atoms with Crippen LogP contribution in [0, 0.1) is 5.92 Å². The Labute approximate surface area is 138 Å². The van der Waals surface area contributed by atoms with Crippen LogP contribution in [0.4, 0.5) is 0 Å². The molecular weight excluding hydrogens is 382 g/mol. The summed E-state index contributed by atoms with van der Waals surface area (Å²) in [6, 6.07) is 4.31.